The fourth-order valence-electron chi connectivity index (χ4n) is 2.71. The Bertz CT molecular complexity index is 311. The van der Waals surface area contributed by atoms with Crippen molar-refractivity contribution in [2.75, 3.05) is 13.1 Å². The Kier molecular flexibility index (Phi) is 2.54. The monoisotopic (exact) mass is 209 g/mol. The highest BCUT2D eigenvalue weighted by Crippen LogP contribution is 2.56. The summed E-state index contributed by atoms with van der Waals surface area (Å²) in [6, 6.07) is 10.9. The minimum atomic E-state index is 0. The molecule has 1 N–H and O–H groups in total. The Labute approximate surface area is 91.3 Å². The van der Waals surface area contributed by atoms with E-state index in [1.807, 2.05) is 0 Å². The first-order valence-corrected chi connectivity index (χ1v) is 5.14. The second-order valence-corrected chi connectivity index (χ2v) is 4.56. The molecule has 0 amide bonds. The number of benzene rings is 1. The predicted octanol–water partition coefficient (Wildman–Crippen LogP) is 2.26. The molecule has 76 valence electrons. The normalized spacial score (nSPS) is 33.3. The zero-order chi connectivity index (χ0) is 8.73. The molecule has 1 aromatic rings. The molecule has 0 aromatic heterocycles. The van der Waals surface area contributed by atoms with Crippen LogP contribution in [-0.4, -0.2) is 13.1 Å². The standard InChI is InChI=1S/C12H15N.ClH/c1-2-4-10(5-3-1)6-12-7-11(12)8-13-9-12;/h1-5,11,13H,6-9H2;1H. The SMILES string of the molecule is Cl.c1ccc(CC23CNCC2C3)cc1. The van der Waals surface area contributed by atoms with E-state index < -0.39 is 0 Å². The molecule has 14 heavy (non-hydrogen) atoms. The lowest BCUT2D eigenvalue weighted by Crippen LogP contribution is -2.17. The second kappa shape index (κ2) is 3.56. The maximum absolute atomic E-state index is 3.48. The van der Waals surface area contributed by atoms with Crippen molar-refractivity contribution >= 4 is 12.4 Å². The van der Waals surface area contributed by atoms with Gasteiger partial charge in [-0.15, -0.1) is 12.4 Å². The first-order valence-electron chi connectivity index (χ1n) is 5.14. The third-order valence-corrected chi connectivity index (χ3v) is 3.63. The maximum Gasteiger partial charge on any atom is 0.00144 e. The largest absolute Gasteiger partial charge is 0.316 e. The van der Waals surface area contributed by atoms with Crippen LogP contribution in [0.5, 0.6) is 0 Å². The Hall–Kier alpha value is -0.530. The van der Waals surface area contributed by atoms with Gasteiger partial charge >= 0.3 is 0 Å². The molecular formula is C12H16ClN. The highest BCUT2D eigenvalue weighted by Gasteiger charge is 2.56. The molecule has 3 rings (SSSR count). The van der Waals surface area contributed by atoms with Crippen molar-refractivity contribution in [3.8, 4) is 0 Å². The van der Waals surface area contributed by atoms with Crippen LogP contribution in [0.3, 0.4) is 0 Å². The highest BCUT2D eigenvalue weighted by atomic mass is 35.5. The molecule has 2 unspecified atom stereocenters. The Morgan fingerprint density at radius 3 is 2.64 bits per heavy atom. The number of piperidine rings is 1. The van der Waals surface area contributed by atoms with Gasteiger partial charge in [0.15, 0.2) is 0 Å². The number of fused-ring (bicyclic) bond motifs is 1. The van der Waals surface area contributed by atoms with E-state index in [1.165, 1.54) is 31.5 Å². The minimum absolute atomic E-state index is 0. The van der Waals surface area contributed by atoms with Crippen LogP contribution in [0.25, 0.3) is 0 Å². The first kappa shape index (κ1) is 10.0. The van der Waals surface area contributed by atoms with E-state index in [0.29, 0.717) is 5.41 Å². The molecule has 1 nitrogen and oxygen atoms in total. The van der Waals surface area contributed by atoms with Crippen LogP contribution in [0.2, 0.25) is 0 Å². The molecule has 1 saturated heterocycles. The van der Waals surface area contributed by atoms with Gasteiger partial charge in [-0.1, -0.05) is 30.3 Å². The molecule has 1 aromatic carbocycles. The Morgan fingerprint density at radius 2 is 2.07 bits per heavy atom. The third kappa shape index (κ3) is 1.55. The van der Waals surface area contributed by atoms with Gasteiger partial charge in [0, 0.05) is 6.54 Å². The van der Waals surface area contributed by atoms with Crippen LogP contribution in [0.15, 0.2) is 30.3 Å². The number of hydrogen-bond donors (Lipinski definition) is 1. The van der Waals surface area contributed by atoms with Gasteiger partial charge in [0.2, 0.25) is 0 Å². The number of nitrogens with one attached hydrogen (secondary N) is 1. The third-order valence-electron chi connectivity index (χ3n) is 3.63. The molecule has 2 fully saturated rings. The molecule has 0 radical (unpaired) electrons. The van der Waals surface area contributed by atoms with E-state index >= 15 is 0 Å². The molecule has 2 atom stereocenters. The van der Waals surface area contributed by atoms with Crippen LogP contribution in [0, 0.1) is 11.3 Å². The topological polar surface area (TPSA) is 12.0 Å². The highest BCUT2D eigenvalue weighted by molar-refractivity contribution is 5.85. The summed E-state index contributed by atoms with van der Waals surface area (Å²) in [5, 5.41) is 3.48. The predicted molar refractivity (Wildman–Crippen MR) is 60.8 cm³/mol. The van der Waals surface area contributed by atoms with Crippen LogP contribution < -0.4 is 5.32 Å². The first-order chi connectivity index (χ1) is 6.39. The van der Waals surface area contributed by atoms with Crippen molar-refractivity contribution < 1.29 is 0 Å². The molecule has 1 aliphatic heterocycles. The molecular weight excluding hydrogens is 194 g/mol. The van der Waals surface area contributed by atoms with Crippen LogP contribution in [-0.2, 0) is 6.42 Å². The fourth-order valence-corrected chi connectivity index (χ4v) is 2.71. The van der Waals surface area contributed by atoms with E-state index in [2.05, 4.69) is 35.6 Å². The van der Waals surface area contributed by atoms with E-state index in [9.17, 15) is 0 Å². The summed E-state index contributed by atoms with van der Waals surface area (Å²) < 4.78 is 0. The summed E-state index contributed by atoms with van der Waals surface area (Å²) in [4.78, 5) is 0. The van der Waals surface area contributed by atoms with Gasteiger partial charge < -0.3 is 5.32 Å². The summed E-state index contributed by atoms with van der Waals surface area (Å²) in [5.41, 5.74) is 2.16. The van der Waals surface area contributed by atoms with Gasteiger partial charge in [-0.05, 0) is 36.3 Å². The quantitative estimate of drug-likeness (QED) is 0.788. The van der Waals surface area contributed by atoms with Crippen LogP contribution in [0.1, 0.15) is 12.0 Å². The molecule has 1 saturated carbocycles. The minimum Gasteiger partial charge on any atom is -0.316 e. The van der Waals surface area contributed by atoms with Gasteiger partial charge in [-0.25, -0.2) is 0 Å². The lowest BCUT2D eigenvalue weighted by Gasteiger charge is -2.10. The van der Waals surface area contributed by atoms with Crippen molar-refractivity contribution in [1.82, 2.24) is 5.32 Å². The van der Waals surface area contributed by atoms with Crippen molar-refractivity contribution in [3.63, 3.8) is 0 Å². The van der Waals surface area contributed by atoms with Crippen molar-refractivity contribution in [2.24, 2.45) is 11.3 Å². The van der Waals surface area contributed by atoms with Crippen molar-refractivity contribution in [3.05, 3.63) is 35.9 Å². The average molecular weight is 210 g/mol. The lowest BCUT2D eigenvalue weighted by atomic mass is 9.96. The second-order valence-electron chi connectivity index (χ2n) is 4.56. The zero-order valence-corrected chi connectivity index (χ0v) is 9.02. The molecule has 2 heteroatoms. The van der Waals surface area contributed by atoms with Gasteiger partial charge in [0.05, 0.1) is 0 Å². The summed E-state index contributed by atoms with van der Waals surface area (Å²) in [7, 11) is 0. The average Bonchev–Trinajstić information content (AvgIpc) is 2.69. The molecule has 0 bridgehead atoms. The smallest absolute Gasteiger partial charge is 0.00144 e. The van der Waals surface area contributed by atoms with Gasteiger partial charge in [0.1, 0.15) is 0 Å². The summed E-state index contributed by atoms with van der Waals surface area (Å²) >= 11 is 0. The van der Waals surface area contributed by atoms with E-state index in [1.54, 1.807) is 0 Å². The van der Waals surface area contributed by atoms with Gasteiger partial charge in [-0.2, -0.15) is 0 Å². The molecule has 2 aliphatic rings. The summed E-state index contributed by atoms with van der Waals surface area (Å²) in [6.07, 6.45) is 2.74. The summed E-state index contributed by atoms with van der Waals surface area (Å²) in [5.74, 6) is 0.979. The van der Waals surface area contributed by atoms with Gasteiger partial charge in [0.25, 0.3) is 0 Å². The fraction of sp³-hybridized carbons (Fsp3) is 0.500. The van der Waals surface area contributed by atoms with E-state index in [0.717, 1.165) is 5.92 Å². The van der Waals surface area contributed by atoms with Crippen molar-refractivity contribution in [2.45, 2.75) is 12.8 Å². The zero-order valence-electron chi connectivity index (χ0n) is 8.20. The number of rotatable bonds is 2. The number of hydrogen-bond acceptors (Lipinski definition) is 1. The van der Waals surface area contributed by atoms with Crippen molar-refractivity contribution in [1.29, 1.82) is 0 Å². The Morgan fingerprint density at radius 1 is 1.29 bits per heavy atom. The molecule has 1 heterocycles. The van der Waals surface area contributed by atoms with E-state index in [4.69, 9.17) is 0 Å². The Balaban J connectivity index is 0.000000750. The summed E-state index contributed by atoms with van der Waals surface area (Å²) in [6.45, 7) is 2.50. The molecule has 1 aliphatic carbocycles. The maximum atomic E-state index is 3.48. The molecule has 0 spiro atoms. The lowest BCUT2D eigenvalue weighted by molar-refractivity contribution is 0.512. The van der Waals surface area contributed by atoms with Crippen LogP contribution in [0.4, 0.5) is 0 Å². The van der Waals surface area contributed by atoms with Gasteiger partial charge in [-0.3, -0.25) is 0 Å². The number of halogens is 1. The van der Waals surface area contributed by atoms with E-state index in [-0.39, 0.29) is 12.4 Å². The van der Waals surface area contributed by atoms with Crippen LogP contribution >= 0.6 is 12.4 Å².